The quantitative estimate of drug-likeness (QED) is 0.743. The number of anilines is 1. The number of hydrogen-bond acceptors (Lipinski definition) is 5. The van der Waals surface area contributed by atoms with Gasteiger partial charge < -0.3 is 19.5 Å². The molecular weight excluding hydrogens is 342 g/mol. The second kappa shape index (κ2) is 5.54. The molecule has 3 aromatic rings. The molecule has 0 unspecified atom stereocenters. The van der Waals surface area contributed by atoms with E-state index in [1.807, 2.05) is 73.1 Å². The van der Waals surface area contributed by atoms with E-state index in [-0.39, 0.29) is 0 Å². The van der Waals surface area contributed by atoms with Gasteiger partial charge in [-0.05, 0) is 38.1 Å². The molecule has 0 radical (unpaired) electrons. The van der Waals surface area contributed by atoms with Crippen LogP contribution in [0.4, 0.5) is 5.69 Å². The Morgan fingerprint density at radius 2 is 1.93 bits per heavy atom. The first-order valence-corrected chi connectivity index (χ1v) is 8.78. The molecule has 6 nitrogen and oxygen atoms in total. The molecule has 2 aliphatic heterocycles. The summed E-state index contributed by atoms with van der Waals surface area (Å²) in [6.45, 7) is 3.88. The van der Waals surface area contributed by atoms with E-state index < -0.39 is 5.72 Å². The summed E-state index contributed by atoms with van der Waals surface area (Å²) in [5.74, 6) is 2.93. The summed E-state index contributed by atoms with van der Waals surface area (Å²) in [6.07, 6.45) is 1.95. The number of nitrogens with zero attached hydrogens (tertiary/aromatic N) is 2. The number of nitrogens with one attached hydrogen (secondary N) is 1. The molecular formula is C21H19N3O3. The Bertz CT molecular complexity index is 1070. The lowest BCUT2D eigenvalue weighted by Gasteiger charge is -2.31. The summed E-state index contributed by atoms with van der Waals surface area (Å²) >= 11 is 0. The lowest BCUT2D eigenvalue weighted by Crippen LogP contribution is -2.38. The van der Waals surface area contributed by atoms with Crippen molar-refractivity contribution in [2.75, 3.05) is 12.4 Å². The van der Waals surface area contributed by atoms with Gasteiger partial charge in [0.15, 0.2) is 0 Å². The SMILES string of the molecule is COc1ccc2c(c1)N[C@]1(C=C(C)Oc3c1c(C)nn3-c1ccccc1)O2. The fourth-order valence-electron chi connectivity index (χ4n) is 3.71. The maximum absolute atomic E-state index is 6.39. The summed E-state index contributed by atoms with van der Waals surface area (Å²) in [5.41, 5.74) is 2.66. The number of benzene rings is 2. The lowest BCUT2D eigenvalue weighted by molar-refractivity contribution is 0.153. The number of hydrogen-bond donors (Lipinski definition) is 1. The highest BCUT2D eigenvalue weighted by Gasteiger charge is 2.47. The molecule has 3 heterocycles. The van der Waals surface area contributed by atoms with E-state index >= 15 is 0 Å². The van der Waals surface area contributed by atoms with Crippen LogP contribution in [0.25, 0.3) is 5.69 Å². The first-order chi connectivity index (χ1) is 13.1. The van der Waals surface area contributed by atoms with Crippen LogP contribution in [0.2, 0.25) is 0 Å². The number of aromatic nitrogens is 2. The molecule has 1 N–H and O–H groups in total. The molecule has 0 saturated carbocycles. The summed E-state index contributed by atoms with van der Waals surface area (Å²) in [7, 11) is 1.65. The van der Waals surface area contributed by atoms with Crippen LogP contribution in [-0.4, -0.2) is 16.9 Å². The predicted molar refractivity (Wildman–Crippen MR) is 102 cm³/mol. The van der Waals surface area contributed by atoms with Crippen molar-refractivity contribution in [3.05, 3.63) is 71.6 Å². The molecule has 0 bridgehead atoms. The van der Waals surface area contributed by atoms with E-state index in [0.717, 1.165) is 39.9 Å². The lowest BCUT2D eigenvalue weighted by atomic mass is 10.0. The van der Waals surface area contributed by atoms with Crippen LogP contribution in [0.3, 0.4) is 0 Å². The molecule has 5 rings (SSSR count). The second-order valence-corrected chi connectivity index (χ2v) is 6.69. The zero-order chi connectivity index (χ0) is 18.6. The minimum absolute atomic E-state index is 0.658. The Hall–Kier alpha value is -3.41. The van der Waals surface area contributed by atoms with Crippen molar-refractivity contribution in [2.45, 2.75) is 19.6 Å². The number of para-hydroxylation sites is 1. The molecule has 0 aliphatic carbocycles. The molecule has 1 aromatic heterocycles. The maximum atomic E-state index is 6.39. The standard InChI is InChI=1S/C21H19N3O3/c1-13-12-21(22-17-11-16(25-3)9-10-18(17)27-21)19-14(2)23-24(20(19)26-13)15-7-5-4-6-8-15/h4-12,22H,1-3H3/t21-/m1/s1. The van der Waals surface area contributed by atoms with Crippen molar-refractivity contribution >= 4 is 5.69 Å². The third-order valence-corrected chi connectivity index (χ3v) is 4.83. The highest BCUT2D eigenvalue weighted by atomic mass is 16.5. The normalized spacial score (nSPS) is 19.4. The Morgan fingerprint density at radius 3 is 2.70 bits per heavy atom. The van der Waals surface area contributed by atoms with Crippen LogP contribution < -0.4 is 19.5 Å². The predicted octanol–water partition coefficient (Wildman–Crippen LogP) is 4.14. The number of fused-ring (bicyclic) bond motifs is 3. The topological polar surface area (TPSA) is 57.5 Å². The number of allylic oxidation sites excluding steroid dienone is 1. The van der Waals surface area contributed by atoms with Gasteiger partial charge in [0.05, 0.1) is 24.2 Å². The van der Waals surface area contributed by atoms with Gasteiger partial charge in [-0.25, -0.2) is 4.68 Å². The Kier molecular flexibility index (Phi) is 3.25. The Morgan fingerprint density at radius 1 is 1.11 bits per heavy atom. The van der Waals surface area contributed by atoms with E-state index in [0.29, 0.717) is 5.88 Å². The largest absolute Gasteiger partial charge is 0.497 e. The van der Waals surface area contributed by atoms with Crippen LogP contribution in [0.1, 0.15) is 18.2 Å². The molecule has 2 aliphatic rings. The molecule has 2 aromatic carbocycles. The summed E-state index contributed by atoms with van der Waals surface area (Å²) in [4.78, 5) is 0. The van der Waals surface area contributed by atoms with Gasteiger partial charge >= 0.3 is 0 Å². The van der Waals surface area contributed by atoms with Crippen molar-refractivity contribution in [3.63, 3.8) is 0 Å². The first-order valence-electron chi connectivity index (χ1n) is 8.78. The van der Waals surface area contributed by atoms with Crippen LogP contribution in [0, 0.1) is 6.92 Å². The molecule has 6 heteroatoms. The molecule has 0 amide bonds. The van der Waals surface area contributed by atoms with Crippen molar-refractivity contribution in [1.82, 2.24) is 9.78 Å². The smallest absolute Gasteiger partial charge is 0.237 e. The van der Waals surface area contributed by atoms with Gasteiger partial charge in [0, 0.05) is 12.1 Å². The number of rotatable bonds is 2. The van der Waals surface area contributed by atoms with E-state index in [4.69, 9.17) is 19.3 Å². The van der Waals surface area contributed by atoms with Crippen LogP contribution in [0.15, 0.2) is 60.4 Å². The van der Waals surface area contributed by atoms with E-state index in [1.54, 1.807) is 7.11 Å². The fourth-order valence-corrected chi connectivity index (χ4v) is 3.71. The highest BCUT2D eigenvalue weighted by Crippen LogP contribution is 2.50. The number of aryl methyl sites for hydroxylation is 1. The summed E-state index contributed by atoms with van der Waals surface area (Å²) in [5, 5.41) is 8.23. The van der Waals surface area contributed by atoms with E-state index in [2.05, 4.69) is 5.32 Å². The molecule has 1 spiro atoms. The zero-order valence-corrected chi connectivity index (χ0v) is 15.3. The average molecular weight is 361 g/mol. The van der Waals surface area contributed by atoms with Gasteiger partial charge in [-0.15, -0.1) is 0 Å². The van der Waals surface area contributed by atoms with E-state index in [1.165, 1.54) is 0 Å². The second-order valence-electron chi connectivity index (χ2n) is 6.69. The van der Waals surface area contributed by atoms with Gasteiger partial charge in [0.25, 0.3) is 0 Å². The molecule has 136 valence electrons. The number of methoxy groups -OCH3 is 1. The molecule has 0 saturated heterocycles. The first kappa shape index (κ1) is 15.8. The van der Waals surface area contributed by atoms with Crippen LogP contribution >= 0.6 is 0 Å². The zero-order valence-electron chi connectivity index (χ0n) is 15.3. The van der Waals surface area contributed by atoms with E-state index in [9.17, 15) is 0 Å². The van der Waals surface area contributed by atoms with Crippen molar-refractivity contribution in [2.24, 2.45) is 0 Å². The van der Waals surface area contributed by atoms with Crippen molar-refractivity contribution in [1.29, 1.82) is 0 Å². The highest BCUT2D eigenvalue weighted by molar-refractivity contribution is 5.68. The molecule has 0 fully saturated rings. The minimum Gasteiger partial charge on any atom is -0.497 e. The Labute approximate surface area is 157 Å². The van der Waals surface area contributed by atoms with Gasteiger partial charge in [-0.1, -0.05) is 18.2 Å². The third-order valence-electron chi connectivity index (χ3n) is 4.83. The van der Waals surface area contributed by atoms with Crippen LogP contribution in [-0.2, 0) is 5.72 Å². The average Bonchev–Trinajstić information content (AvgIpc) is 3.19. The number of ether oxygens (including phenoxy) is 3. The molecule has 27 heavy (non-hydrogen) atoms. The van der Waals surface area contributed by atoms with Gasteiger partial charge in [-0.3, -0.25) is 0 Å². The summed E-state index contributed by atoms with van der Waals surface area (Å²) < 4.78 is 19.6. The maximum Gasteiger partial charge on any atom is 0.237 e. The molecule has 1 atom stereocenters. The van der Waals surface area contributed by atoms with Gasteiger partial charge in [-0.2, -0.15) is 5.10 Å². The summed E-state index contributed by atoms with van der Waals surface area (Å²) in [6, 6.07) is 15.7. The Balaban J connectivity index is 1.67. The van der Waals surface area contributed by atoms with Crippen molar-refractivity contribution < 1.29 is 14.2 Å². The fraction of sp³-hybridized carbons (Fsp3) is 0.190. The minimum atomic E-state index is -0.858. The van der Waals surface area contributed by atoms with Crippen molar-refractivity contribution in [3.8, 4) is 23.1 Å². The monoisotopic (exact) mass is 361 g/mol. The third kappa shape index (κ3) is 2.30. The van der Waals surface area contributed by atoms with Gasteiger partial charge in [0.2, 0.25) is 11.6 Å². The van der Waals surface area contributed by atoms with Crippen LogP contribution in [0.5, 0.6) is 17.4 Å². The van der Waals surface area contributed by atoms with Gasteiger partial charge in [0.1, 0.15) is 22.8 Å².